The summed E-state index contributed by atoms with van der Waals surface area (Å²) < 4.78 is 40.8. The Balaban J connectivity index is 1.12. The topological polar surface area (TPSA) is 116 Å². The second-order valence-electron chi connectivity index (χ2n) is 13.4. The lowest BCUT2D eigenvalue weighted by Gasteiger charge is -2.14. The van der Waals surface area contributed by atoms with Gasteiger partial charge in [0.05, 0.1) is 23.8 Å². The van der Waals surface area contributed by atoms with E-state index in [1.807, 2.05) is 121 Å². The molecular formula is C50H40O10. The summed E-state index contributed by atoms with van der Waals surface area (Å²) >= 11 is 0. The molecule has 7 aromatic carbocycles. The first-order valence-corrected chi connectivity index (χ1v) is 19.0. The monoisotopic (exact) mass is 800 g/mol. The maximum Gasteiger partial charge on any atom is 0.343 e. The summed E-state index contributed by atoms with van der Waals surface area (Å²) in [4.78, 5) is 40.4. The van der Waals surface area contributed by atoms with Crippen LogP contribution in [0.1, 0.15) is 53.3 Å². The summed E-state index contributed by atoms with van der Waals surface area (Å²) in [6.45, 7) is 0.984. The molecule has 0 N–H and O–H groups in total. The van der Waals surface area contributed by atoms with E-state index < -0.39 is 17.9 Å². The van der Waals surface area contributed by atoms with Crippen LogP contribution in [0, 0.1) is 0 Å². The maximum absolute atomic E-state index is 13.8. The molecule has 0 aliphatic carbocycles. The molecule has 0 bridgehead atoms. The third kappa shape index (κ3) is 11.6. The molecule has 10 heteroatoms. The molecule has 0 spiro atoms. The van der Waals surface area contributed by atoms with Crippen molar-refractivity contribution in [3.8, 4) is 34.5 Å². The van der Waals surface area contributed by atoms with E-state index in [0.717, 1.165) is 22.3 Å². The standard InChI is InChI=1S/C50H40O10/c1-54-48(51)39-26-46(59-49(52)40-22-42(55-31-35-14-6-2-7-15-35)28-43(23-40)56-32-36-16-8-3-9-17-36)30-47(27-39)60-50(53)41-24-44(57-33-37-18-10-4-11-19-37)29-45(25-41)58-34-38-20-12-5-13-21-38/h2-30H,31-34H2,1H3. The zero-order valence-electron chi connectivity index (χ0n) is 32.7. The highest BCUT2D eigenvalue weighted by atomic mass is 16.6. The minimum atomic E-state index is -0.785. The van der Waals surface area contributed by atoms with E-state index in [4.69, 9.17) is 33.2 Å². The molecule has 0 fully saturated rings. The molecule has 0 amide bonds. The quantitative estimate of drug-likeness (QED) is 0.0651. The Labute approximate surface area is 347 Å². The van der Waals surface area contributed by atoms with Crippen molar-refractivity contribution in [1.82, 2.24) is 0 Å². The molecule has 60 heavy (non-hydrogen) atoms. The molecule has 0 aliphatic rings. The van der Waals surface area contributed by atoms with Crippen LogP contribution in [0.2, 0.25) is 0 Å². The van der Waals surface area contributed by atoms with Crippen molar-refractivity contribution in [1.29, 1.82) is 0 Å². The number of carbonyl (C=O) groups excluding carboxylic acids is 3. The van der Waals surface area contributed by atoms with Crippen molar-refractivity contribution in [2.24, 2.45) is 0 Å². The Kier molecular flexibility index (Phi) is 13.5. The SMILES string of the molecule is COC(=O)c1cc(OC(=O)c2cc(OCc3ccccc3)cc(OCc3ccccc3)c2)cc(OC(=O)c2cc(OCc3ccccc3)cc(OCc3ccccc3)c2)c1. The largest absolute Gasteiger partial charge is 0.489 e. The van der Waals surface area contributed by atoms with Gasteiger partial charge in [-0.05, 0) is 58.7 Å². The van der Waals surface area contributed by atoms with Gasteiger partial charge in [0.2, 0.25) is 0 Å². The predicted octanol–water partition coefficient (Wildman–Crippen LogP) is 10.2. The van der Waals surface area contributed by atoms with Crippen LogP contribution in [0.4, 0.5) is 0 Å². The highest BCUT2D eigenvalue weighted by Crippen LogP contribution is 2.30. The van der Waals surface area contributed by atoms with Crippen molar-refractivity contribution in [2.75, 3.05) is 7.11 Å². The lowest BCUT2D eigenvalue weighted by atomic mass is 10.1. The number of rotatable bonds is 17. The van der Waals surface area contributed by atoms with Crippen molar-refractivity contribution in [2.45, 2.75) is 26.4 Å². The summed E-state index contributed by atoms with van der Waals surface area (Å²) in [6, 6.07) is 51.9. The zero-order valence-corrected chi connectivity index (χ0v) is 32.7. The predicted molar refractivity (Wildman–Crippen MR) is 224 cm³/mol. The van der Waals surface area contributed by atoms with Gasteiger partial charge in [-0.1, -0.05) is 121 Å². The molecule has 0 radical (unpaired) electrons. The van der Waals surface area contributed by atoms with Gasteiger partial charge in [-0.3, -0.25) is 0 Å². The van der Waals surface area contributed by atoms with E-state index in [0.29, 0.717) is 23.0 Å². The molecule has 0 saturated carbocycles. The molecule has 0 saturated heterocycles. The van der Waals surface area contributed by atoms with Crippen LogP contribution in [-0.2, 0) is 31.2 Å². The maximum atomic E-state index is 13.8. The van der Waals surface area contributed by atoms with Crippen LogP contribution in [-0.4, -0.2) is 25.0 Å². The molecule has 7 rings (SSSR count). The molecule has 0 aliphatic heterocycles. The van der Waals surface area contributed by atoms with Crippen molar-refractivity contribution < 1.29 is 47.5 Å². The van der Waals surface area contributed by atoms with Gasteiger partial charge in [0.15, 0.2) is 0 Å². The number of carbonyl (C=O) groups is 3. The van der Waals surface area contributed by atoms with Crippen molar-refractivity contribution >= 4 is 17.9 Å². The first kappa shape index (κ1) is 40.4. The van der Waals surface area contributed by atoms with E-state index in [9.17, 15) is 14.4 Å². The molecule has 0 aromatic heterocycles. The average molecular weight is 801 g/mol. The molecule has 0 heterocycles. The third-order valence-electron chi connectivity index (χ3n) is 8.95. The highest BCUT2D eigenvalue weighted by molar-refractivity contribution is 5.95. The van der Waals surface area contributed by atoms with E-state index >= 15 is 0 Å². The molecule has 300 valence electrons. The first-order chi connectivity index (χ1) is 29.4. The minimum absolute atomic E-state index is 0.0238. The summed E-state index contributed by atoms with van der Waals surface area (Å²) in [6.07, 6.45) is 0. The Morgan fingerprint density at radius 1 is 0.333 bits per heavy atom. The first-order valence-electron chi connectivity index (χ1n) is 19.0. The molecule has 0 atom stereocenters. The third-order valence-corrected chi connectivity index (χ3v) is 8.95. The average Bonchev–Trinajstić information content (AvgIpc) is 3.29. The van der Waals surface area contributed by atoms with Crippen molar-refractivity contribution in [3.05, 3.63) is 215 Å². The van der Waals surface area contributed by atoms with Crippen LogP contribution in [0.5, 0.6) is 34.5 Å². The van der Waals surface area contributed by atoms with Gasteiger partial charge < -0.3 is 33.2 Å². The Hall–Kier alpha value is -7.85. The van der Waals surface area contributed by atoms with Gasteiger partial charge >= 0.3 is 17.9 Å². The lowest BCUT2D eigenvalue weighted by molar-refractivity contribution is 0.0594. The molecule has 7 aromatic rings. The van der Waals surface area contributed by atoms with Crippen LogP contribution < -0.4 is 28.4 Å². The molecule has 10 nitrogen and oxygen atoms in total. The lowest BCUT2D eigenvalue weighted by Crippen LogP contribution is -2.13. The Morgan fingerprint density at radius 3 is 0.867 bits per heavy atom. The van der Waals surface area contributed by atoms with Gasteiger partial charge in [-0.2, -0.15) is 0 Å². The van der Waals surface area contributed by atoms with Crippen LogP contribution in [0.15, 0.2) is 176 Å². The second-order valence-corrected chi connectivity index (χ2v) is 13.4. The molecule has 0 unspecified atom stereocenters. The summed E-state index contributed by atoms with van der Waals surface area (Å²) in [5.74, 6) is -0.994. The van der Waals surface area contributed by atoms with Crippen molar-refractivity contribution in [3.63, 3.8) is 0 Å². The van der Waals surface area contributed by atoms with Crippen LogP contribution in [0.25, 0.3) is 0 Å². The fourth-order valence-electron chi connectivity index (χ4n) is 5.93. The summed E-state index contributed by atoms with van der Waals surface area (Å²) in [5, 5.41) is 0. The number of methoxy groups -OCH3 is 1. The number of benzene rings is 7. The fourth-order valence-corrected chi connectivity index (χ4v) is 5.93. The van der Waals surface area contributed by atoms with E-state index in [-0.39, 0.29) is 54.6 Å². The van der Waals surface area contributed by atoms with Gasteiger partial charge in [-0.15, -0.1) is 0 Å². The number of ether oxygens (including phenoxy) is 7. The summed E-state index contributed by atoms with van der Waals surface area (Å²) in [5.41, 5.74) is 3.93. The van der Waals surface area contributed by atoms with Gasteiger partial charge in [0, 0.05) is 18.2 Å². The number of hydrogen-bond donors (Lipinski definition) is 0. The van der Waals surface area contributed by atoms with E-state index in [2.05, 4.69) is 0 Å². The van der Waals surface area contributed by atoms with Crippen LogP contribution in [0.3, 0.4) is 0 Å². The smallest absolute Gasteiger partial charge is 0.343 e. The molecular weight excluding hydrogens is 761 g/mol. The van der Waals surface area contributed by atoms with Gasteiger partial charge in [0.1, 0.15) is 60.9 Å². The van der Waals surface area contributed by atoms with E-state index in [1.54, 1.807) is 12.1 Å². The van der Waals surface area contributed by atoms with E-state index in [1.165, 1.54) is 49.6 Å². The highest BCUT2D eigenvalue weighted by Gasteiger charge is 2.20. The minimum Gasteiger partial charge on any atom is -0.489 e. The number of esters is 3. The fraction of sp³-hybridized carbons (Fsp3) is 0.100. The Bertz CT molecular complexity index is 2230. The zero-order chi connectivity index (χ0) is 41.5. The Morgan fingerprint density at radius 2 is 0.583 bits per heavy atom. The summed E-state index contributed by atoms with van der Waals surface area (Å²) in [7, 11) is 1.21. The normalized spacial score (nSPS) is 10.6. The number of hydrogen-bond acceptors (Lipinski definition) is 10. The van der Waals surface area contributed by atoms with Gasteiger partial charge in [-0.25, -0.2) is 14.4 Å². The second kappa shape index (κ2) is 20.0. The van der Waals surface area contributed by atoms with Crippen LogP contribution >= 0.6 is 0 Å². The van der Waals surface area contributed by atoms with Gasteiger partial charge in [0.25, 0.3) is 0 Å².